The minimum Gasteiger partial charge on any atom is -0.395 e. The molecule has 1 aromatic carbocycles. The van der Waals surface area contributed by atoms with Gasteiger partial charge >= 0.3 is 0 Å². The van der Waals surface area contributed by atoms with Gasteiger partial charge in [-0.2, -0.15) is 0 Å². The number of carbonyl (C=O) groups is 2. The molecule has 0 spiro atoms. The van der Waals surface area contributed by atoms with Crippen LogP contribution in [0.3, 0.4) is 0 Å². The molecule has 2 amide bonds. The monoisotopic (exact) mass is 439 g/mol. The molecule has 2 heterocycles. The van der Waals surface area contributed by atoms with E-state index in [2.05, 4.69) is 4.90 Å². The lowest BCUT2D eigenvalue weighted by molar-refractivity contribution is -0.130. The van der Waals surface area contributed by atoms with Gasteiger partial charge in [-0.1, -0.05) is 29.3 Å². The number of hydrogen-bond acceptors (Lipinski definition) is 4. The smallest absolute Gasteiger partial charge is 0.246 e. The maximum Gasteiger partial charge on any atom is 0.246 e. The summed E-state index contributed by atoms with van der Waals surface area (Å²) in [5.41, 5.74) is 0.796. The predicted octanol–water partition coefficient (Wildman–Crippen LogP) is 2.52. The molecule has 29 heavy (non-hydrogen) atoms. The third-order valence-electron chi connectivity index (χ3n) is 5.63. The molecule has 0 unspecified atom stereocenters. The van der Waals surface area contributed by atoms with Gasteiger partial charge in [-0.3, -0.25) is 14.5 Å². The molecule has 0 radical (unpaired) electrons. The Labute approximate surface area is 181 Å². The first kappa shape index (κ1) is 22.1. The van der Waals surface area contributed by atoms with Gasteiger partial charge in [0.25, 0.3) is 0 Å². The van der Waals surface area contributed by atoms with E-state index in [0.29, 0.717) is 42.6 Å². The van der Waals surface area contributed by atoms with Crippen LogP contribution in [0.4, 0.5) is 0 Å². The van der Waals surface area contributed by atoms with Crippen molar-refractivity contribution in [2.45, 2.75) is 25.3 Å². The molecule has 2 saturated heterocycles. The lowest BCUT2D eigenvalue weighted by Crippen LogP contribution is -2.42. The first-order chi connectivity index (χ1) is 14.0. The Morgan fingerprint density at radius 1 is 1.14 bits per heavy atom. The van der Waals surface area contributed by atoms with E-state index < -0.39 is 0 Å². The minimum absolute atomic E-state index is 0.0773. The van der Waals surface area contributed by atoms with E-state index >= 15 is 0 Å². The molecule has 1 atom stereocenters. The van der Waals surface area contributed by atoms with Crippen LogP contribution in [-0.4, -0.2) is 83.5 Å². The summed E-state index contributed by atoms with van der Waals surface area (Å²) >= 11 is 11.9. The zero-order valence-corrected chi connectivity index (χ0v) is 17.9. The van der Waals surface area contributed by atoms with Crippen molar-refractivity contribution in [3.05, 3.63) is 39.9 Å². The van der Waals surface area contributed by atoms with E-state index in [0.717, 1.165) is 31.5 Å². The lowest BCUT2D eigenvalue weighted by atomic mass is 10.2. The number of likely N-dealkylation sites (tertiary alicyclic amines) is 1. The molecule has 158 valence electrons. The fourth-order valence-corrected chi connectivity index (χ4v) is 4.16. The van der Waals surface area contributed by atoms with Gasteiger partial charge < -0.3 is 14.9 Å². The molecule has 0 aromatic heterocycles. The number of aliphatic hydroxyl groups excluding tert-OH is 1. The van der Waals surface area contributed by atoms with E-state index in [1.807, 2.05) is 4.90 Å². The van der Waals surface area contributed by atoms with Crippen LogP contribution < -0.4 is 0 Å². The fourth-order valence-electron chi connectivity index (χ4n) is 3.86. The number of hydrogen-bond donors (Lipinski definition) is 1. The first-order valence-electron chi connectivity index (χ1n) is 10.0. The van der Waals surface area contributed by atoms with Crippen LogP contribution in [0.25, 0.3) is 6.08 Å². The van der Waals surface area contributed by atoms with Crippen LogP contribution in [0.1, 0.15) is 24.8 Å². The topological polar surface area (TPSA) is 64.1 Å². The average Bonchev–Trinajstić information content (AvgIpc) is 3.09. The molecule has 8 heteroatoms. The summed E-state index contributed by atoms with van der Waals surface area (Å²) in [6.07, 6.45) is 5.65. The second-order valence-electron chi connectivity index (χ2n) is 7.48. The molecule has 0 saturated carbocycles. The van der Waals surface area contributed by atoms with Crippen molar-refractivity contribution in [1.29, 1.82) is 0 Å². The Hall–Kier alpha value is -1.60. The quantitative estimate of drug-likeness (QED) is 0.691. The number of carbonyl (C=O) groups excluding carboxylic acids is 2. The lowest BCUT2D eigenvalue weighted by Gasteiger charge is -2.27. The van der Waals surface area contributed by atoms with Gasteiger partial charge in [-0.25, -0.2) is 0 Å². The molecule has 2 aliphatic heterocycles. The second kappa shape index (κ2) is 10.4. The predicted molar refractivity (Wildman–Crippen MR) is 115 cm³/mol. The van der Waals surface area contributed by atoms with Gasteiger partial charge in [0.15, 0.2) is 0 Å². The average molecular weight is 440 g/mol. The number of benzene rings is 1. The van der Waals surface area contributed by atoms with E-state index in [4.69, 9.17) is 23.2 Å². The van der Waals surface area contributed by atoms with Gasteiger partial charge in [0, 0.05) is 51.3 Å². The summed E-state index contributed by atoms with van der Waals surface area (Å²) in [6.45, 7) is 4.00. The highest BCUT2D eigenvalue weighted by atomic mass is 35.5. The molecule has 0 bridgehead atoms. The highest BCUT2D eigenvalue weighted by Crippen LogP contribution is 2.23. The van der Waals surface area contributed by atoms with Crippen molar-refractivity contribution in [3.8, 4) is 0 Å². The van der Waals surface area contributed by atoms with Crippen LogP contribution >= 0.6 is 23.2 Å². The van der Waals surface area contributed by atoms with Crippen LogP contribution in [0.15, 0.2) is 24.3 Å². The van der Waals surface area contributed by atoms with Crippen molar-refractivity contribution in [2.75, 3.05) is 45.9 Å². The summed E-state index contributed by atoms with van der Waals surface area (Å²) < 4.78 is 0. The van der Waals surface area contributed by atoms with Gasteiger partial charge in [-0.15, -0.1) is 0 Å². The van der Waals surface area contributed by atoms with Gasteiger partial charge in [0.2, 0.25) is 11.8 Å². The van der Waals surface area contributed by atoms with Gasteiger partial charge in [0.05, 0.1) is 16.7 Å². The molecule has 2 fully saturated rings. The summed E-state index contributed by atoms with van der Waals surface area (Å²) in [4.78, 5) is 30.8. The Kier molecular flexibility index (Phi) is 7.95. The van der Waals surface area contributed by atoms with Crippen molar-refractivity contribution in [1.82, 2.24) is 14.7 Å². The van der Waals surface area contributed by atoms with Gasteiger partial charge in [-0.05, 0) is 43.2 Å². The normalized spacial score (nSPS) is 21.2. The van der Waals surface area contributed by atoms with Crippen LogP contribution in [0.5, 0.6) is 0 Å². The summed E-state index contributed by atoms with van der Waals surface area (Å²) in [7, 11) is 0. The third kappa shape index (κ3) is 5.95. The minimum atomic E-state index is -0.120. The maximum atomic E-state index is 12.6. The Morgan fingerprint density at radius 3 is 2.72 bits per heavy atom. The zero-order valence-electron chi connectivity index (χ0n) is 16.4. The van der Waals surface area contributed by atoms with Gasteiger partial charge in [0.1, 0.15) is 0 Å². The van der Waals surface area contributed by atoms with Crippen LogP contribution in [0, 0.1) is 0 Å². The highest BCUT2D eigenvalue weighted by Gasteiger charge is 2.26. The van der Waals surface area contributed by atoms with Crippen molar-refractivity contribution < 1.29 is 14.7 Å². The molecular weight excluding hydrogens is 413 g/mol. The molecule has 1 N–H and O–H groups in total. The van der Waals surface area contributed by atoms with Crippen molar-refractivity contribution in [3.63, 3.8) is 0 Å². The molecule has 2 aliphatic rings. The standard InChI is InChI=1S/C21H27Cl2N3O3/c22-18-5-3-16(14-19(18)23)4-6-20(28)25-9-7-21(29)26(13-12-25)11-10-24-8-1-2-17(24)15-27/h3-6,14,17,27H,1-2,7-13,15H2/b6-4+/t17-/m0/s1. The number of nitrogens with zero attached hydrogens (tertiary/aromatic N) is 3. The van der Waals surface area contributed by atoms with E-state index in [9.17, 15) is 14.7 Å². The number of rotatable bonds is 6. The van der Waals surface area contributed by atoms with Crippen molar-refractivity contribution in [2.24, 2.45) is 0 Å². The largest absolute Gasteiger partial charge is 0.395 e. The molecule has 1 aromatic rings. The van der Waals surface area contributed by atoms with E-state index in [1.54, 1.807) is 29.2 Å². The summed E-state index contributed by atoms with van der Waals surface area (Å²) in [5.74, 6) is -0.0425. The molecule has 0 aliphatic carbocycles. The second-order valence-corrected chi connectivity index (χ2v) is 8.29. The first-order valence-corrected chi connectivity index (χ1v) is 10.8. The molecule has 3 rings (SSSR count). The SMILES string of the molecule is O=C(/C=C/c1ccc(Cl)c(Cl)c1)N1CCC(=O)N(CCN2CCC[C@H]2CO)CC1. The molecular formula is C21H27Cl2N3O3. The van der Waals surface area contributed by atoms with E-state index in [1.165, 1.54) is 6.08 Å². The van der Waals surface area contributed by atoms with Crippen LogP contribution in [0.2, 0.25) is 10.0 Å². The number of halogens is 2. The number of aliphatic hydroxyl groups is 1. The Bertz CT molecular complexity index is 772. The van der Waals surface area contributed by atoms with Crippen LogP contribution in [-0.2, 0) is 9.59 Å². The van der Waals surface area contributed by atoms with E-state index in [-0.39, 0.29) is 24.5 Å². The maximum absolute atomic E-state index is 12.6. The zero-order chi connectivity index (χ0) is 20.8. The summed E-state index contributed by atoms with van der Waals surface area (Å²) in [6, 6.07) is 5.41. The number of amides is 2. The highest BCUT2D eigenvalue weighted by molar-refractivity contribution is 6.42. The summed E-state index contributed by atoms with van der Waals surface area (Å²) in [5, 5.41) is 10.4. The molecule has 6 nitrogen and oxygen atoms in total. The Morgan fingerprint density at radius 2 is 1.97 bits per heavy atom. The third-order valence-corrected chi connectivity index (χ3v) is 6.37. The Balaban J connectivity index is 1.52. The fraction of sp³-hybridized carbons (Fsp3) is 0.524. The van der Waals surface area contributed by atoms with Crippen molar-refractivity contribution >= 4 is 41.1 Å².